The van der Waals surface area contributed by atoms with Gasteiger partial charge in [-0.25, -0.2) is 4.79 Å². The fraction of sp³-hybridized carbons (Fsp3) is 0.296. The SMILES string of the molecule is Cc1coc2cc3oc(=O)c(CC(=O)N4CCC(C(=O)O)(c5ccccc5)CC4)c(C)c3cc12. The molecular formula is C27H25NO6. The molecule has 1 fully saturated rings. The highest BCUT2D eigenvalue weighted by Crippen LogP contribution is 2.36. The third kappa shape index (κ3) is 3.48. The molecule has 0 bridgehead atoms. The number of rotatable bonds is 4. The molecule has 0 saturated carbocycles. The van der Waals surface area contributed by atoms with E-state index in [0.29, 0.717) is 48.2 Å². The van der Waals surface area contributed by atoms with Crippen LogP contribution in [0.25, 0.3) is 21.9 Å². The normalized spacial score (nSPS) is 15.6. The number of carboxylic acid groups (broad SMARTS) is 1. The summed E-state index contributed by atoms with van der Waals surface area (Å²) in [6.07, 6.45) is 2.21. The Labute approximate surface area is 195 Å². The van der Waals surface area contributed by atoms with Gasteiger partial charge >= 0.3 is 11.6 Å². The first kappa shape index (κ1) is 21.9. The van der Waals surface area contributed by atoms with Crippen molar-refractivity contribution < 1.29 is 23.5 Å². The quantitative estimate of drug-likeness (QED) is 0.456. The van der Waals surface area contributed by atoms with Crippen LogP contribution in [0.2, 0.25) is 0 Å². The van der Waals surface area contributed by atoms with E-state index in [1.165, 1.54) is 0 Å². The molecule has 1 saturated heterocycles. The summed E-state index contributed by atoms with van der Waals surface area (Å²) in [6.45, 7) is 4.39. The Morgan fingerprint density at radius 2 is 1.74 bits per heavy atom. The van der Waals surface area contributed by atoms with E-state index in [4.69, 9.17) is 8.83 Å². The van der Waals surface area contributed by atoms with Crippen LogP contribution in [-0.4, -0.2) is 35.0 Å². The summed E-state index contributed by atoms with van der Waals surface area (Å²) in [5.74, 6) is -1.08. The van der Waals surface area contributed by atoms with Gasteiger partial charge < -0.3 is 18.8 Å². The van der Waals surface area contributed by atoms with Gasteiger partial charge in [0.25, 0.3) is 0 Å². The second kappa shape index (κ2) is 8.17. The molecule has 3 heterocycles. The molecule has 5 rings (SSSR count). The number of carbonyl (C=O) groups excluding carboxylic acids is 1. The number of likely N-dealkylation sites (tertiary alicyclic amines) is 1. The maximum absolute atomic E-state index is 13.1. The Hall–Kier alpha value is -3.87. The number of carbonyl (C=O) groups is 2. The second-order valence-electron chi connectivity index (χ2n) is 9.07. The van der Waals surface area contributed by atoms with Gasteiger partial charge in [-0.05, 0) is 49.4 Å². The molecule has 0 atom stereocenters. The summed E-state index contributed by atoms with van der Waals surface area (Å²) in [5.41, 5.74) is 2.29. The molecule has 0 aliphatic carbocycles. The molecule has 0 unspecified atom stereocenters. The van der Waals surface area contributed by atoms with Crippen LogP contribution >= 0.6 is 0 Å². The van der Waals surface area contributed by atoms with E-state index in [9.17, 15) is 19.5 Å². The van der Waals surface area contributed by atoms with Crippen LogP contribution in [0.5, 0.6) is 0 Å². The van der Waals surface area contributed by atoms with Gasteiger partial charge in [-0.1, -0.05) is 30.3 Å². The van der Waals surface area contributed by atoms with Crippen molar-refractivity contribution in [1.82, 2.24) is 4.90 Å². The van der Waals surface area contributed by atoms with Crippen LogP contribution in [0.15, 0.2) is 62.4 Å². The zero-order valence-corrected chi connectivity index (χ0v) is 19.1. The third-order valence-electron chi connectivity index (χ3n) is 7.21. The van der Waals surface area contributed by atoms with Crippen LogP contribution in [0.3, 0.4) is 0 Å². The molecule has 1 aliphatic rings. The van der Waals surface area contributed by atoms with Gasteiger partial charge in [0.2, 0.25) is 5.91 Å². The Bertz CT molecular complexity index is 1470. The number of benzene rings is 2. The molecule has 7 heteroatoms. The number of carboxylic acids is 1. The zero-order valence-electron chi connectivity index (χ0n) is 19.1. The standard InChI is InChI=1S/C27H25NO6/c1-16-15-33-22-14-23-20(12-19(16)22)17(2)21(25(30)34-23)13-24(29)28-10-8-27(9-11-28,26(31)32)18-6-4-3-5-7-18/h3-7,12,14-15H,8-11,13H2,1-2H3,(H,31,32). The first-order chi connectivity index (χ1) is 16.3. The molecule has 0 radical (unpaired) electrons. The number of hydrogen-bond donors (Lipinski definition) is 1. The lowest BCUT2D eigenvalue weighted by molar-refractivity contribution is -0.148. The van der Waals surface area contributed by atoms with E-state index < -0.39 is 17.0 Å². The predicted molar refractivity (Wildman–Crippen MR) is 127 cm³/mol. The van der Waals surface area contributed by atoms with Crippen LogP contribution < -0.4 is 5.63 Å². The molecular weight excluding hydrogens is 434 g/mol. The highest BCUT2D eigenvalue weighted by Gasteiger charge is 2.43. The lowest BCUT2D eigenvalue weighted by Gasteiger charge is -2.39. The zero-order chi connectivity index (χ0) is 24.0. The van der Waals surface area contributed by atoms with E-state index >= 15 is 0 Å². The maximum atomic E-state index is 13.1. The number of fused-ring (bicyclic) bond motifs is 2. The number of hydrogen-bond acceptors (Lipinski definition) is 5. The minimum Gasteiger partial charge on any atom is -0.481 e. The van der Waals surface area contributed by atoms with Crippen molar-refractivity contribution in [3.05, 3.63) is 81.4 Å². The average molecular weight is 459 g/mol. The van der Waals surface area contributed by atoms with E-state index in [-0.39, 0.29) is 12.3 Å². The lowest BCUT2D eigenvalue weighted by Crippen LogP contribution is -2.49. The Morgan fingerprint density at radius 1 is 1.03 bits per heavy atom. The summed E-state index contributed by atoms with van der Waals surface area (Å²) in [6, 6.07) is 12.8. The molecule has 1 aliphatic heterocycles. The van der Waals surface area contributed by atoms with Gasteiger partial charge in [-0.2, -0.15) is 0 Å². The van der Waals surface area contributed by atoms with Crippen LogP contribution in [-0.2, 0) is 21.4 Å². The summed E-state index contributed by atoms with van der Waals surface area (Å²) in [7, 11) is 0. The summed E-state index contributed by atoms with van der Waals surface area (Å²) >= 11 is 0. The smallest absolute Gasteiger partial charge is 0.340 e. The molecule has 7 nitrogen and oxygen atoms in total. The van der Waals surface area contributed by atoms with Crippen molar-refractivity contribution in [3.63, 3.8) is 0 Å². The van der Waals surface area contributed by atoms with E-state index in [0.717, 1.165) is 21.9 Å². The van der Waals surface area contributed by atoms with E-state index in [2.05, 4.69) is 0 Å². The first-order valence-corrected chi connectivity index (χ1v) is 11.3. The van der Waals surface area contributed by atoms with E-state index in [1.807, 2.05) is 50.2 Å². The van der Waals surface area contributed by atoms with Crippen LogP contribution in [0.1, 0.15) is 35.1 Å². The van der Waals surface area contributed by atoms with Crippen molar-refractivity contribution >= 4 is 33.8 Å². The molecule has 2 aromatic carbocycles. The van der Waals surface area contributed by atoms with Gasteiger partial charge in [0.15, 0.2) is 0 Å². The van der Waals surface area contributed by atoms with Crippen molar-refractivity contribution in [1.29, 1.82) is 0 Å². The fourth-order valence-corrected chi connectivity index (χ4v) is 5.03. The number of amides is 1. The fourth-order valence-electron chi connectivity index (χ4n) is 5.03. The highest BCUT2D eigenvalue weighted by molar-refractivity contribution is 5.96. The van der Waals surface area contributed by atoms with E-state index in [1.54, 1.807) is 17.2 Å². The lowest BCUT2D eigenvalue weighted by atomic mass is 9.73. The maximum Gasteiger partial charge on any atom is 0.340 e. The Morgan fingerprint density at radius 3 is 2.41 bits per heavy atom. The van der Waals surface area contributed by atoms with Gasteiger partial charge in [-0.15, -0.1) is 0 Å². The van der Waals surface area contributed by atoms with Crippen molar-refractivity contribution in [3.8, 4) is 0 Å². The number of furan rings is 1. The summed E-state index contributed by atoms with van der Waals surface area (Å²) < 4.78 is 11.0. The topological polar surface area (TPSA) is 101 Å². The molecule has 0 spiro atoms. The highest BCUT2D eigenvalue weighted by atomic mass is 16.4. The number of piperidine rings is 1. The molecule has 4 aromatic rings. The van der Waals surface area contributed by atoms with Crippen molar-refractivity contribution in [2.45, 2.75) is 38.5 Å². The Kier molecular flexibility index (Phi) is 5.27. The molecule has 2 aromatic heterocycles. The van der Waals surface area contributed by atoms with Crippen molar-refractivity contribution in [2.75, 3.05) is 13.1 Å². The third-order valence-corrected chi connectivity index (χ3v) is 7.21. The van der Waals surface area contributed by atoms with Crippen molar-refractivity contribution in [2.24, 2.45) is 0 Å². The average Bonchev–Trinajstić information content (AvgIpc) is 3.20. The van der Waals surface area contributed by atoms with Gasteiger partial charge in [0, 0.05) is 29.9 Å². The van der Waals surface area contributed by atoms with Gasteiger partial charge in [0.05, 0.1) is 23.7 Å². The van der Waals surface area contributed by atoms with Crippen LogP contribution in [0, 0.1) is 13.8 Å². The Balaban J connectivity index is 1.40. The minimum absolute atomic E-state index is 0.0854. The first-order valence-electron chi connectivity index (χ1n) is 11.3. The number of aliphatic carboxylic acids is 1. The largest absolute Gasteiger partial charge is 0.481 e. The number of aryl methyl sites for hydroxylation is 2. The van der Waals surface area contributed by atoms with Gasteiger partial charge in [0.1, 0.15) is 11.2 Å². The number of nitrogens with zero attached hydrogens (tertiary/aromatic N) is 1. The van der Waals surface area contributed by atoms with Gasteiger partial charge in [-0.3, -0.25) is 9.59 Å². The molecule has 1 amide bonds. The minimum atomic E-state index is -1.01. The monoisotopic (exact) mass is 459 g/mol. The molecule has 174 valence electrons. The van der Waals surface area contributed by atoms with Crippen LogP contribution in [0.4, 0.5) is 0 Å². The molecule has 1 N–H and O–H groups in total. The summed E-state index contributed by atoms with van der Waals surface area (Å²) in [4.78, 5) is 39.7. The second-order valence-corrected chi connectivity index (χ2v) is 9.07. The predicted octanol–water partition coefficient (Wildman–Crippen LogP) is 4.34. The summed E-state index contributed by atoms with van der Waals surface area (Å²) in [5, 5.41) is 11.7. The molecule has 34 heavy (non-hydrogen) atoms.